The van der Waals surface area contributed by atoms with E-state index in [4.69, 9.17) is 16.1 Å². The van der Waals surface area contributed by atoms with E-state index < -0.39 is 0 Å². The van der Waals surface area contributed by atoms with Gasteiger partial charge in [-0.2, -0.15) is 0 Å². The first-order valence-electron chi connectivity index (χ1n) is 6.18. The Kier molecular flexibility index (Phi) is 3.52. The molecule has 4 nitrogen and oxygen atoms in total. The summed E-state index contributed by atoms with van der Waals surface area (Å²) < 4.78 is 0.936. The summed E-state index contributed by atoms with van der Waals surface area (Å²) in [4.78, 5) is 8.97. The van der Waals surface area contributed by atoms with Crippen LogP contribution >= 0.6 is 23.1 Å². The van der Waals surface area contributed by atoms with Crippen LogP contribution in [0.25, 0.3) is 0 Å². The number of nitrogens with two attached hydrogens (primary N) is 1. The smallest absolute Gasteiger partial charge is 0.156 e. The van der Waals surface area contributed by atoms with E-state index in [1.54, 1.807) is 17.5 Å². The van der Waals surface area contributed by atoms with Crippen LogP contribution in [0.15, 0.2) is 27.0 Å². The number of pyridine rings is 1. The summed E-state index contributed by atoms with van der Waals surface area (Å²) >= 11 is 3.07. The first kappa shape index (κ1) is 12.6. The van der Waals surface area contributed by atoms with Crippen molar-refractivity contribution in [1.29, 1.82) is 5.41 Å². The van der Waals surface area contributed by atoms with Gasteiger partial charge in [0.1, 0.15) is 10.9 Å². The molecule has 0 saturated heterocycles. The molecule has 0 spiro atoms. The average molecular weight is 290 g/mol. The molecule has 0 amide bonds. The molecular weight excluding hydrogens is 276 g/mol. The molecular formula is C13H14N4S2. The van der Waals surface area contributed by atoms with Gasteiger partial charge in [-0.25, -0.2) is 9.97 Å². The minimum Gasteiger partial charge on any atom is -0.384 e. The second-order valence-corrected chi connectivity index (χ2v) is 6.60. The fourth-order valence-corrected chi connectivity index (χ4v) is 3.90. The van der Waals surface area contributed by atoms with Crippen LogP contribution in [0.4, 0.5) is 0 Å². The van der Waals surface area contributed by atoms with E-state index in [1.165, 1.54) is 30.2 Å². The van der Waals surface area contributed by atoms with Crippen molar-refractivity contribution in [3.8, 4) is 0 Å². The van der Waals surface area contributed by atoms with Crippen molar-refractivity contribution in [2.45, 2.75) is 35.0 Å². The van der Waals surface area contributed by atoms with Crippen molar-refractivity contribution in [3.63, 3.8) is 0 Å². The number of hydrogen-bond acceptors (Lipinski definition) is 5. The highest BCUT2D eigenvalue weighted by Crippen LogP contribution is 2.33. The van der Waals surface area contributed by atoms with Crippen molar-refractivity contribution in [1.82, 2.24) is 9.97 Å². The molecule has 0 unspecified atom stereocenters. The fourth-order valence-electron chi connectivity index (χ4n) is 2.23. The number of aryl methyl sites for hydroxylation is 2. The van der Waals surface area contributed by atoms with Gasteiger partial charge in [-0.05, 0) is 49.1 Å². The van der Waals surface area contributed by atoms with Gasteiger partial charge in [-0.1, -0.05) is 0 Å². The Morgan fingerprint density at radius 2 is 2.21 bits per heavy atom. The Morgan fingerprint density at radius 1 is 1.37 bits per heavy atom. The molecule has 2 aromatic rings. The molecule has 1 aliphatic rings. The van der Waals surface area contributed by atoms with Gasteiger partial charge < -0.3 is 5.73 Å². The topological polar surface area (TPSA) is 75.7 Å². The lowest BCUT2D eigenvalue weighted by atomic mass is 9.95. The van der Waals surface area contributed by atoms with Crippen LogP contribution in [0.5, 0.6) is 0 Å². The molecule has 0 aromatic carbocycles. The van der Waals surface area contributed by atoms with Crippen molar-refractivity contribution < 1.29 is 0 Å². The Morgan fingerprint density at radius 3 is 2.95 bits per heavy atom. The molecule has 0 fully saturated rings. The van der Waals surface area contributed by atoms with Crippen LogP contribution in [0.3, 0.4) is 0 Å². The Labute approximate surface area is 120 Å². The number of fused-ring (bicyclic) bond motifs is 1. The number of rotatable bonds is 3. The number of hydrogen-bond donors (Lipinski definition) is 2. The normalized spacial score (nSPS) is 14.1. The molecule has 3 N–H and O–H groups in total. The second-order valence-electron chi connectivity index (χ2n) is 4.47. The van der Waals surface area contributed by atoms with E-state index in [1.807, 2.05) is 11.4 Å². The minimum absolute atomic E-state index is 0.0833. The predicted octanol–water partition coefficient (Wildman–Crippen LogP) is 2.85. The predicted molar refractivity (Wildman–Crippen MR) is 78.1 cm³/mol. The lowest BCUT2D eigenvalue weighted by molar-refractivity contribution is 0.660. The Balaban J connectivity index is 2.03. The number of aromatic nitrogens is 2. The highest BCUT2D eigenvalue weighted by Gasteiger charge is 2.17. The van der Waals surface area contributed by atoms with Crippen molar-refractivity contribution in [2.24, 2.45) is 5.73 Å². The third kappa shape index (κ3) is 2.64. The lowest BCUT2D eigenvalue weighted by Gasteiger charge is -2.17. The average Bonchev–Trinajstić information content (AvgIpc) is 2.90. The van der Waals surface area contributed by atoms with Crippen LogP contribution in [0.2, 0.25) is 0 Å². The molecule has 2 heterocycles. The van der Waals surface area contributed by atoms with Crippen LogP contribution in [-0.4, -0.2) is 15.8 Å². The van der Waals surface area contributed by atoms with Gasteiger partial charge >= 0.3 is 0 Å². The molecule has 3 rings (SSSR count). The summed E-state index contributed by atoms with van der Waals surface area (Å²) in [6.07, 6.45) is 6.24. The summed E-state index contributed by atoms with van der Waals surface area (Å²) in [7, 11) is 0. The van der Waals surface area contributed by atoms with E-state index in [-0.39, 0.29) is 5.84 Å². The quantitative estimate of drug-likeness (QED) is 0.673. The van der Waals surface area contributed by atoms with Gasteiger partial charge in [0.15, 0.2) is 4.34 Å². The maximum absolute atomic E-state index is 7.73. The molecule has 0 saturated carbocycles. The second kappa shape index (κ2) is 5.30. The molecule has 2 aromatic heterocycles. The SMILES string of the molecule is N=C(N)c1cc2c(nc1Sc1nccs1)CCCC2. The first-order chi connectivity index (χ1) is 9.24. The van der Waals surface area contributed by atoms with E-state index in [2.05, 4.69) is 4.98 Å². The highest BCUT2D eigenvalue weighted by molar-refractivity contribution is 8.01. The number of amidine groups is 1. The van der Waals surface area contributed by atoms with Gasteiger partial charge in [-0.3, -0.25) is 5.41 Å². The van der Waals surface area contributed by atoms with E-state index in [9.17, 15) is 0 Å². The molecule has 0 radical (unpaired) electrons. The summed E-state index contributed by atoms with van der Waals surface area (Å²) in [5.74, 6) is 0.0833. The summed E-state index contributed by atoms with van der Waals surface area (Å²) in [6.45, 7) is 0. The summed E-state index contributed by atoms with van der Waals surface area (Å²) in [5, 5.41) is 10.5. The Hall–Kier alpha value is -1.40. The summed E-state index contributed by atoms with van der Waals surface area (Å²) in [5.41, 5.74) is 8.84. The maximum atomic E-state index is 7.73. The van der Waals surface area contributed by atoms with Crippen LogP contribution in [0, 0.1) is 5.41 Å². The number of nitrogens with one attached hydrogen (secondary N) is 1. The van der Waals surface area contributed by atoms with E-state index in [0.29, 0.717) is 0 Å². The molecule has 0 aliphatic heterocycles. The van der Waals surface area contributed by atoms with Crippen LogP contribution in [-0.2, 0) is 12.8 Å². The number of nitrogens with zero attached hydrogens (tertiary/aromatic N) is 2. The molecule has 0 atom stereocenters. The third-order valence-corrected chi connectivity index (χ3v) is 5.04. The van der Waals surface area contributed by atoms with Gasteiger partial charge in [-0.15, -0.1) is 11.3 Å². The Bertz CT molecular complexity index is 607. The van der Waals surface area contributed by atoms with Gasteiger partial charge in [0.2, 0.25) is 0 Å². The lowest BCUT2D eigenvalue weighted by Crippen LogP contribution is -2.16. The molecule has 19 heavy (non-hydrogen) atoms. The van der Waals surface area contributed by atoms with Crippen LogP contribution in [0.1, 0.15) is 29.7 Å². The highest BCUT2D eigenvalue weighted by atomic mass is 32.2. The minimum atomic E-state index is 0.0833. The maximum Gasteiger partial charge on any atom is 0.156 e. The number of nitrogen functional groups attached to an aromatic ring is 1. The van der Waals surface area contributed by atoms with E-state index >= 15 is 0 Å². The molecule has 6 heteroatoms. The first-order valence-corrected chi connectivity index (χ1v) is 7.88. The molecule has 0 bridgehead atoms. The largest absolute Gasteiger partial charge is 0.384 e. The van der Waals surface area contributed by atoms with Gasteiger partial charge in [0.25, 0.3) is 0 Å². The van der Waals surface area contributed by atoms with Gasteiger partial charge in [0, 0.05) is 22.8 Å². The summed E-state index contributed by atoms with van der Waals surface area (Å²) in [6, 6.07) is 2.04. The van der Waals surface area contributed by atoms with Crippen molar-refractivity contribution in [2.75, 3.05) is 0 Å². The van der Waals surface area contributed by atoms with E-state index in [0.717, 1.165) is 33.5 Å². The zero-order chi connectivity index (χ0) is 13.2. The van der Waals surface area contributed by atoms with Gasteiger partial charge in [0.05, 0.1) is 0 Å². The number of thiazole rings is 1. The fraction of sp³-hybridized carbons (Fsp3) is 0.308. The van der Waals surface area contributed by atoms with Crippen molar-refractivity contribution in [3.05, 3.63) is 34.5 Å². The zero-order valence-electron chi connectivity index (χ0n) is 10.3. The molecule has 98 valence electrons. The standard InChI is InChI=1S/C13H14N4S2/c14-11(15)9-7-8-3-1-2-4-10(8)17-12(9)19-13-16-5-6-18-13/h5-7H,1-4H2,(H3,14,15). The van der Waals surface area contributed by atoms with Crippen molar-refractivity contribution >= 4 is 28.9 Å². The zero-order valence-corrected chi connectivity index (χ0v) is 12.0. The monoisotopic (exact) mass is 290 g/mol. The molecule has 1 aliphatic carbocycles. The third-order valence-electron chi connectivity index (χ3n) is 3.15. The van der Waals surface area contributed by atoms with Crippen LogP contribution < -0.4 is 5.73 Å².